The Kier molecular flexibility index (Phi) is 8.90. The number of hydrogen-bond donors (Lipinski definition) is 0. The molecule has 0 saturated heterocycles. The molecule has 0 aliphatic carbocycles. The van der Waals surface area contributed by atoms with Crippen molar-refractivity contribution in [3.63, 3.8) is 0 Å². The summed E-state index contributed by atoms with van der Waals surface area (Å²) in [7, 11) is 0. The first kappa shape index (κ1) is 39.0. The van der Waals surface area contributed by atoms with Gasteiger partial charge in [-0.25, -0.2) is 0 Å². The topological polar surface area (TPSA) is 21.3 Å². The highest BCUT2D eigenvalue weighted by atomic mass is 16.3. The molecule has 322 valence electrons. The van der Waals surface area contributed by atoms with Crippen molar-refractivity contribution in [1.82, 2.24) is 4.57 Å². The van der Waals surface area contributed by atoms with Gasteiger partial charge in [0.1, 0.15) is 11.2 Å². The van der Waals surface area contributed by atoms with Gasteiger partial charge in [0, 0.05) is 55.0 Å². The number of aromatic nitrogens is 1. The molecule has 14 aromatic rings. The first-order chi connectivity index (χ1) is 34.2. The number of fused-ring (bicyclic) bond motifs is 11. The lowest BCUT2D eigenvalue weighted by Gasteiger charge is -2.28. The van der Waals surface area contributed by atoms with Crippen molar-refractivity contribution in [3.05, 3.63) is 255 Å². The second-order valence-electron chi connectivity index (χ2n) is 18.0. The average Bonchev–Trinajstić information content (AvgIpc) is 3.98. The number of benzene rings is 12. The van der Waals surface area contributed by atoms with Gasteiger partial charge in [0.2, 0.25) is 0 Å². The molecule has 0 unspecified atom stereocenters. The zero-order valence-electron chi connectivity index (χ0n) is 37.6. The van der Waals surface area contributed by atoms with E-state index in [0.717, 1.165) is 66.8 Å². The number of nitrogens with zero attached hydrogens (tertiary/aromatic N) is 2. The molecule has 2 heterocycles. The van der Waals surface area contributed by atoms with Crippen LogP contribution in [0.2, 0.25) is 0 Å². The second kappa shape index (κ2) is 15.7. The second-order valence-corrected chi connectivity index (χ2v) is 18.0. The molecule has 3 heteroatoms. The first-order valence-corrected chi connectivity index (χ1v) is 23.7. The molecule has 0 fully saturated rings. The third kappa shape index (κ3) is 6.29. The number of rotatable bonds is 7. The van der Waals surface area contributed by atoms with E-state index < -0.39 is 0 Å². The van der Waals surface area contributed by atoms with Crippen molar-refractivity contribution >= 4 is 93.1 Å². The molecule has 0 aliphatic heterocycles. The molecule has 2 aromatic heterocycles. The van der Waals surface area contributed by atoms with Crippen molar-refractivity contribution in [2.45, 2.75) is 0 Å². The van der Waals surface area contributed by atoms with E-state index in [0.29, 0.717) is 0 Å². The molecule has 0 aliphatic rings. The molecule has 69 heavy (non-hydrogen) atoms. The summed E-state index contributed by atoms with van der Waals surface area (Å²) in [4.78, 5) is 2.39. The summed E-state index contributed by atoms with van der Waals surface area (Å²) in [5.41, 5.74) is 15.3. The van der Waals surface area contributed by atoms with Crippen LogP contribution in [0.5, 0.6) is 0 Å². The van der Waals surface area contributed by atoms with Crippen LogP contribution in [0.25, 0.3) is 115 Å². The van der Waals surface area contributed by atoms with E-state index in [1.807, 2.05) is 0 Å². The SMILES string of the molecule is c1ccc(N(c2ccc(-c3ccc4c(ccc5ccccc54)c3)cc2)c2ccc(-c3ccccc3-n3c4ccccc4c4ccccc43)cc2)c(-c2cccc3c2oc2c4ccccc4ccc32)c1. The van der Waals surface area contributed by atoms with Gasteiger partial charge in [-0.2, -0.15) is 0 Å². The van der Waals surface area contributed by atoms with Crippen molar-refractivity contribution < 1.29 is 4.42 Å². The van der Waals surface area contributed by atoms with Crippen LogP contribution in [0.4, 0.5) is 17.1 Å². The number of para-hydroxylation sites is 5. The van der Waals surface area contributed by atoms with E-state index in [4.69, 9.17) is 4.42 Å². The van der Waals surface area contributed by atoms with Crippen LogP contribution in [-0.2, 0) is 0 Å². The van der Waals surface area contributed by atoms with Crippen LogP contribution in [0, 0.1) is 0 Å². The van der Waals surface area contributed by atoms with Crippen molar-refractivity contribution in [3.8, 4) is 39.1 Å². The van der Waals surface area contributed by atoms with Crippen LogP contribution >= 0.6 is 0 Å². The predicted octanol–water partition coefficient (Wildman–Crippen LogP) is 18.6. The van der Waals surface area contributed by atoms with Gasteiger partial charge in [-0.3, -0.25) is 0 Å². The Morgan fingerprint density at radius 2 is 0.783 bits per heavy atom. The molecular formula is C66H42N2O. The van der Waals surface area contributed by atoms with E-state index in [-0.39, 0.29) is 0 Å². The summed E-state index contributed by atoms with van der Waals surface area (Å²) in [5.74, 6) is 0. The van der Waals surface area contributed by atoms with Gasteiger partial charge in [-0.05, 0) is 104 Å². The Labute approximate surface area is 399 Å². The smallest absolute Gasteiger partial charge is 0.143 e. The lowest BCUT2D eigenvalue weighted by atomic mass is 9.97. The minimum Gasteiger partial charge on any atom is -0.455 e. The van der Waals surface area contributed by atoms with Gasteiger partial charge in [-0.15, -0.1) is 0 Å². The summed E-state index contributed by atoms with van der Waals surface area (Å²) in [6.45, 7) is 0. The van der Waals surface area contributed by atoms with Crippen molar-refractivity contribution in [2.24, 2.45) is 0 Å². The van der Waals surface area contributed by atoms with Gasteiger partial charge in [0.25, 0.3) is 0 Å². The van der Waals surface area contributed by atoms with Crippen LogP contribution in [0.1, 0.15) is 0 Å². The van der Waals surface area contributed by atoms with Gasteiger partial charge in [0.05, 0.1) is 22.4 Å². The lowest BCUT2D eigenvalue weighted by Crippen LogP contribution is -2.11. The molecule has 0 bridgehead atoms. The zero-order chi connectivity index (χ0) is 45.4. The van der Waals surface area contributed by atoms with E-state index in [9.17, 15) is 0 Å². The molecule has 0 N–H and O–H groups in total. The Bertz CT molecular complexity index is 4260. The Hall–Kier alpha value is -9.18. The third-order valence-corrected chi connectivity index (χ3v) is 14.2. The summed E-state index contributed by atoms with van der Waals surface area (Å²) in [6, 6.07) is 92.4. The molecule has 0 spiro atoms. The van der Waals surface area contributed by atoms with Crippen LogP contribution in [-0.4, -0.2) is 4.57 Å². The van der Waals surface area contributed by atoms with Gasteiger partial charge in [-0.1, -0.05) is 194 Å². The quantitative estimate of drug-likeness (QED) is 0.149. The molecular weight excluding hydrogens is 837 g/mol. The van der Waals surface area contributed by atoms with Crippen molar-refractivity contribution in [2.75, 3.05) is 4.90 Å². The number of anilines is 3. The fraction of sp³-hybridized carbons (Fsp3) is 0. The van der Waals surface area contributed by atoms with Gasteiger partial charge >= 0.3 is 0 Å². The Morgan fingerprint density at radius 3 is 1.54 bits per heavy atom. The summed E-state index contributed by atoms with van der Waals surface area (Å²) < 4.78 is 9.37. The molecule has 0 saturated carbocycles. The molecule has 3 nitrogen and oxygen atoms in total. The van der Waals surface area contributed by atoms with E-state index in [1.54, 1.807) is 0 Å². The molecule has 0 amide bonds. The van der Waals surface area contributed by atoms with Crippen LogP contribution in [0.3, 0.4) is 0 Å². The minimum atomic E-state index is 0.882. The monoisotopic (exact) mass is 878 g/mol. The molecule has 12 aromatic carbocycles. The number of furan rings is 1. The largest absolute Gasteiger partial charge is 0.455 e. The van der Waals surface area contributed by atoms with Gasteiger partial charge in [0.15, 0.2) is 0 Å². The lowest BCUT2D eigenvalue weighted by molar-refractivity contribution is 0.674. The molecule has 0 atom stereocenters. The molecule has 14 rings (SSSR count). The van der Waals surface area contributed by atoms with Crippen molar-refractivity contribution in [1.29, 1.82) is 0 Å². The van der Waals surface area contributed by atoms with Gasteiger partial charge < -0.3 is 13.9 Å². The highest BCUT2D eigenvalue weighted by Crippen LogP contribution is 2.46. The summed E-state index contributed by atoms with van der Waals surface area (Å²) >= 11 is 0. The normalized spacial score (nSPS) is 11.8. The van der Waals surface area contributed by atoms with Crippen LogP contribution < -0.4 is 4.90 Å². The first-order valence-electron chi connectivity index (χ1n) is 23.7. The maximum Gasteiger partial charge on any atom is 0.143 e. The Balaban J connectivity index is 0.919. The summed E-state index contributed by atoms with van der Waals surface area (Å²) in [5, 5.41) is 12.0. The molecule has 0 radical (unpaired) electrons. The van der Waals surface area contributed by atoms with E-state index in [1.165, 1.54) is 65.4 Å². The maximum atomic E-state index is 6.96. The fourth-order valence-corrected chi connectivity index (χ4v) is 10.9. The Morgan fingerprint density at radius 1 is 0.290 bits per heavy atom. The number of hydrogen-bond acceptors (Lipinski definition) is 2. The highest BCUT2D eigenvalue weighted by molar-refractivity contribution is 6.18. The van der Waals surface area contributed by atoms with E-state index >= 15 is 0 Å². The van der Waals surface area contributed by atoms with Crippen LogP contribution in [0.15, 0.2) is 259 Å². The highest BCUT2D eigenvalue weighted by Gasteiger charge is 2.22. The summed E-state index contributed by atoms with van der Waals surface area (Å²) in [6.07, 6.45) is 0. The average molecular weight is 879 g/mol. The minimum absolute atomic E-state index is 0.882. The zero-order valence-corrected chi connectivity index (χ0v) is 37.6. The third-order valence-electron chi connectivity index (χ3n) is 14.2. The van der Waals surface area contributed by atoms with E-state index in [2.05, 4.69) is 264 Å². The fourth-order valence-electron chi connectivity index (χ4n) is 10.9. The predicted molar refractivity (Wildman–Crippen MR) is 292 cm³/mol. The maximum absolute atomic E-state index is 6.96. The standard InChI is InChI=1S/C66H42N2O/c1-3-16-51-44(14-1)28-29-48-42-47(35-40-52(48)51)43-30-36-49(37-31-43)67(62-25-10-8-21-57(62)58-22-13-23-59-60-41-34-45-15-2-4-18-54(45)65(60)69-66(58)59)50-38-32-46(33-39-50)53-17-5-9-24-61(53)68-63-26-11-6-19-55(63)56-20-7-12-27-64(56)68/h1-42H.